The van der Waals surface area contributed by atoms with Crippen LogP contribution in [0.15, 0.2) is 16.8 Å². The molecule has 0 saturated heterocycles. The van der Waals surface area contributed by atoms with Crippen LogP contribution in [0.4, 0.5) is 4.39 Å². The molecular weight excluding hydrogens is 159 g/mol. The second-order valence-electron chi connectivity index (χ2n) is 2.67. The number of alkyl halides is 1. The molecule has 0 radical (unpaired) electrons. The Morgan fingerprint density at radius 1 is 1.33 bits per heavy atom. The van der Waals surface area contributed by atoms with Crippen LogP contribution in [0.1, 0.15) is 11.1 Å². The van der Waals surface area contributed by atoms with Gasteiger partial charge < -0.3 is 0 Å². The minimum atomic E-state index is -0.478. The monoisotopic (exact) mass is 166 g/mol. The lowest BCUT2D eigenvalue weighted by Crippen LogP contribution is -1.85. The van der Waals surface area contributed by atoms with Crippen LogP contribution in [-0.4, -0.2) is 10.3 Å². The van der Waals surface area contributed by atoms with Gasteiger partial charge in [-0.15, -0.1) is 0 Å². The minimum Gasteiger partial charge on any atom is -0.246 e. The zero-order valence-electron chi connectivity index (χ0n) is 6.54. The first-order chi connectivity index (χ1) is 5.81. The fourth-order valence-electron chi connectivity index (χ4n) is 1.12. The average molecular weight is 166 g/mol. The molecule has 0 aliphatic heterocycles. The van der Waals surface area contributed by atoms with Gasteiger partial charge in [0.2, 0.25) is 0 Å². The lowest BCUT2D eigenvalue weighted by Gasteiger charge is -1.97. The fraction of sp³-hybridized carbons (Fsp3) is 0.250. The maximum Gasteiger partial charge on any atom is 0.135 e. The van der Waals surface area contributed by atoms with Crippen molar-refractivity contribution >= 4 is 11.0 Å². The summed E-state index contributed by atoms with van der Waals surface area (Å²) in [6.07, 6.45) is 0. The van der Waals surface area contributed by atoms with E-state index in [1.54, 1.807) is 12.1 Å². The van der Waals surface area contributed by atoms with Crippen molar-refractivity contribution in [3.63, 3.8) is 0 Å². The first kappa shape index (κ1) is 7.21. The van der Waals surface area contributed by atoms with Crippen LogP contribution >= 0.6 is 0 Å². The molecule has 0 spiro atoms. The van der Waals surface area contributed by atoms with E-state index in [2.05, 4.69) is 14.9 Å². The molecule has 4 heteroatoms. The molecule has 0 fully saturated rings. The quantitative estimate of drug-likeness (QED) is 0.650. The van der Waals surface area contributed by atoms with E-state index in [4.69, 9.17) is 0 Å². The predicted octanol–water partition coefficient (Wildman–Crippen LogP) is 2.00. The van der Waals surface area contributed by atoms with Crippen LogP contribution in [0.5, 0.6) is 0 Å². The first-order valence-corrected chi connectivity index (χ1v) is 3.59. The van der Waals surface area contributed by atoms with Crippen LogP contribution in [0.25, 0.3) is 11.0 Å². The number of rotatable bonds is 1. The number of hydrogen-bond donors (Lipinski definition) is 0. The highest BCUT2D eigenvalue weighted by Gasteiger charge is 2.04. The summed E-state index contributed by atoms with van der Waals surface area (Å²) >= 11 is 0. The van der Waals surface area contributed by atoms with E-state index < -0.39 is 6.67 Å². The van der Waals surface area contributed by atoms with E-state index in [-0.39, 0.29) is 0 Å². The summed E-state index contributed by atoms with van der Waals surface area (Å²) in [6.45, 7) is 1.36. The Bertz CT molecular complexity index is 410. The third-order valence-corrected chi connectivity index (χ3v) is 1.86. The maximum atomic E-state index is 12.3. The van der Waals surface area contributed by atoms with Crippen molar-refractivity contribution in [2.75, 3.05) is 0 Å². The van der Waals surface area contributed by atoms with Crippen LogP contribution in [0, 0.1) is 6.92 Å². The molecule has 12 heavy (non-hydrogen) atoms. The summed E-state index contributed by atoms with van der Waals surface area (Å²) in [7, 11) is 0. The third-order valence-electron chi connectivity index (χ3n) is 1.86. The molecule has 0 saturated carbocycles. The van der Waals surface area contributed by atoms with Gasteiger partial charge in [0.1, 0.15) is 17.7 Å². The SMILES string of the molecule is Cc1cc2nonc2cc1CF. The van der Waals surface area contributed by atoms with E-state index in [9.17, 15) is 4.39 Å². The van der Waals surface area contributed by atoms with Crippen molar-refractivity contribution in [3.05, 3.63) is 23.3 Å². The van der Waals surface area contributed by atoms with E-state index in [1.807, 2.05) is 6.92 Å². The largest absolute Gasteiger partial charge is 0.246 e. The summed E-state index contributed by atoms with van der Waals surface area (Å²) < 4.78 is 16.8. The zero-order chi connectivity index (χ0) is 8.55. The first-order valence-electron chi connectivity index (χ1n) is 3.59. The standard InChI is InChI=1S/C8H7FN2O/c1-5-2-7-8(11-12-10-7)3-6(5)4-9/h2-3H,4H2,1H3. The Morgan fingerprint density at radius 3 is 2.67 bits per heavy atom. The molecule has 2 aromatic rings. The Labute approximate surface area is 68.1 Å². The van der Waals surface area contributed by atoms with E-state index in [0.29, 0.717) is 16.6 Å². The molecule has 0 amide bonds. The Balaban J connectivity index is 2.73. The van der Waals surface area contributed by atoms with Gasteiger partial charge >= 0.3 is 0 Å². The molecule has 0 bridgehead atoms. The molecule has 0 aliphatic carbocycles. The smallest absolute Gasteiger partial charge is 0.135 e. The van der Waals surface area contributed by atoms with E-state index in [1.165, 1.54) is 0 Å². The molecule has 62 valence electrons. The van der Waals surface area contributed by atoms with Gasteiger partial charge in [-0.1, -0.05) is 0 Å². The fourth-order valence-corrected chi connectivity index (χ4v) is 1.12. The summed E-state index contributed by atoms with van der Waals surface area (Å²) in [5.41, 5.74) is 2.79. The van der Waals surface area contributed by atoms with Crippen LogP contribution in [0.2, 0.25) is 0 Å². The molecule has 1 aromatic heterocycles. The highest BCUT2D eigenvalue weighted by Crippen LogP contribution is 2.16. The summed E-state index contributed by atoms with van der Waals surface area (Å²) in [4.78, 5) is 0. The summed E-state index contributed by atoms with van der Waals surface area (Å²) in [5, 5.41) is 7.26. The maximum absolute atomic E-state index is 12.3. The van der Waals surface area contributed by atoms with Crippen molar-refractivity contribution in [3.8, 4) is 0 Å². The van der Waals surface area contributed by atoms with Gasteiger partial charge in [-0.2, -0.15) is 0 Å². The highest BCUT2D eigenvalue weighted by molar-refractivity contribution is 5.74. The van der Waals surface area contributed by atoms with Gasteiger partial charge in [0.05, 0.1) is 0 Å². The lowest BCUT2D eigenvalue weighted by atomic mass is 10.1. The van der Waals surface area contributed by atoms with Gasteiger partial charge in [0.15, 0.2) is 0 Å². The van der Waals surface area contributed by atoms with Crippen molar-refractivity contribution < 1.29 is 9.02 Å². The lowest BCUT2D eigenvalue weighted by molar-refractivity contribution is 0.315. The zero-order valence-corrected chi connectivity index (χ0v) is 6.54. The number of halogens is 1. The van der Waals surface area contributed by atoms with Gasteiger partial charge in [0.25, 0.3) is 0 Å². The normalized spacial score (nSPS) is 10.8. The molecule has 0 unspecified atom stereocenters. The molecular formula is C8H7FN2O. The number of hydrogen-bond acceptors (Lipinski definition) is 3. The van der Waals surface area contributed by atoms with Gasteiger partial charge in [0, 0.05) is 0 Å². The molecule has 3 nitrogen and oxygen atoms in total. The number of benzene rings is 1. The molecule has 0 aliphatic rings. The van der Waals surface area contributed by atoms with Crippen molar-refractivity contribution in [1.82, 2.24) is 10.3 Å². The minimum absolute atomic E-state index is 0.478. The average Bonchev–Trinajstić information content (AvgIpc) is 2.49. The molecule has 2 rings (SSSR count). The van der Waals surface area contributed by atoms with Crippen molar-refractivity contribution in [1.29, 1.82) is 0 Å². The molecule has 1 aromatic carbocycles. The van der Waals surface area contributed by atoms with E-state index in [0.717, 1.165) is 5.56 Å². The Morgan fingerprint density at radius 2 is 2.00 bits per heavy atom. The van der Waals surface area contributed by atoms with Crippen LogP contribution in [0.3, 0.4) is 0 Å². The van der Waals surface area contributed by atoms with E-state index >= 15 is 0 Å². The van der Waals surface area contributed by atoms with Crippen LogP contribution in [-0.2, 0) is 6.67 Å². The third kappa shape index (κ3) is 0.958. The second kappa shape index (κ2) is 2.55. The van der Waals surface area contributed by atoms with Gasteiger partial charge in [-0.25, -0.2) is 9.02 Å². The Hall–Kier alpha value is -1.45. The molecule has 0 atom stereocenters. The Kier molecular flexibility index (Phi) is 1.53. The number of aromatic nitrogens is 2. The predicted molar refractivity (Wildman–Crippen MR) is 41.4 cm³/mol. The number of nitrogens with zero attached hydrogens (tertiary/aromatic N) is 2. The van der Waals surface area contributed by atoms with Gasteiger partial charge in [-0.05, 0) is 40.5 Å². The summed E-state index contributed by atoms with van der Waals surface area (Å²) in [6, 6.07) is 3.42. The number of aryl methyl sites for hydroxylation is 1. The van der Waals surface area contributed by atoms with Crippen molar-refractivity contribution in [2.24, 2.45) is 0 Å². The highest BCUT2D eigenvalue weighted by atomic mass is 19.1. The van der Waals surface area contributed by atoms with Crippen LogP contribution < -0.4 is 0 Å². The van der Waals surface area contributed by atoms with Gasteiger partial charge in [-0.3, -0.25) is 0 Å². The second-order valence-corrected chi connectivity index (χ2v) is 2.67. The topological polar surface area (TPSA) is 38.9 Å². The molecule has 1 heterocycles. The van der Waals surface area contributed by atoms with Crippen molar-refractivity contribution in [2.45, 2.75) is 13.6 Å². The number of fused-ring (bicyclic) bond motifs is 1. The molecule has 0 N–H and O–H groups in total. The summed E-state index contributed by atoms with van der Waals surface area (Å²) in [5.74, 6) is 0.